The molecule has 0 aromatic carbocycles. The number of hydrogen-bond acceptors (Lipinski definition) is 2. The number of carbonyl (C=O) groups is 2. The number of carbonyl (C=O) groups excluding carboxylic acids is 1. The van der Waals surface area contributed by atoms with Crippen LogP contribution in [-0.2, 0) is 9.59 Å². The van der Waals surface area contributed by atoms with Gasteiger partial charge in [0.1, 0.15) is 5.92 Å². The molecule has 0 bridgehead atoms. The number of hydrogen-bond donors (Lipinski definition) is 1. The number of Topliss-reactive ketones (excluding diaryl/α,β-unsaturated/α-hetero) is 1. The molecule has 0 saturated carbocycles. The average molecular weight is 234 g/mol. The van der Waals surface area contributed by atoms with Crippen LogP contribution in [0.5, 0.6) is 0 Å². The predicted molar refractivity (Wildman–Crippen MR) is 37.4 cm³/mol. The van der Waals surface area contributed by atoms with Crippen molar-refractivity contribution in [3.63, 3.8) is 0 Å². The minimum absolute atomic E-state index is 0.625. The van der Waals surface area contributed by atoms with Crippen LogP contribution in [0, 0.1) is 5.92 Å². The fourth-order valence-corrected chi connectivity index (χ4v) is 0.831. The zero-order valence-electron chi connectivity index (χ0n) is 7.44. The van der Waals surface area contributed by atoms with Crippen molar-refractivity contribution in [2.45, 2.75) is 25.4 Å². The molecule has 8 heteroatoms. The van der Waals surface area contributed by atoms with Gasteiger partial charge in [-0.05, 0) is 6.42 Å². The lowest BCUT2D eigenvalue weighted by atomic mass is 9.96. The van der Waals surface area contributed by atoms with Gasteiger partial charge in [0.2, 0.25) is 5.78 Å². The van der Waals surface area contributed by atoms with Gasteiger partial charge in [-0.1, -0.05) is 6.92 Å². The van der Waals surface area contributed by atoms with Gasteiger partial charge in [0.25, 0.3) is 0 Å². The van der Waals surface area contributed by atoms with Crippen molar-refractivity contribution in [2.24, 2.45) is 5.92 Å². The summed E-state index contributed by atoms with van der Waals surface area (Å²) in [5.41, 5.74) is 0. The first kappa shape index (κ1) is 13.8. The second-order valence-electron chi connectivity index (χ2n) is 2.74. The summed E-state index contributed by atoms with van der Waals surface area (Å²) in [7, 11) is 0. The Kier molecular flexibility index (Phi) is 3.78. The number of aliphatic carboxylic acids is 1. The van der Waals surface area contributed by atoms with Crippen LogP contribution in [-0.4, -0.2) is 29.0 Å². The van der Waals surface area contributed by atoms with Gasteiger partial charge in [-0.3, -0.25) is 9.59 Å². The van der Waals surface area contributed by atoms with E-state index in [1.807, 2.05) is 0 Å². The van der Waals surface area contributed by atoms with Crippen LogP contribution in [0.1, 0.15) is 13.3 Å². The Bertz CT molecular complexity index is 270. The van der Waals surface area contributed by atoms with Crippen molar-refractivity contribution >= 4 is 11.8 Å². The smallest absolute Gasteiger partial charge is 0.461 e. The van der Waals surface area contributed by atoms with E-state index in [9.17, 15) is 31.5 Å². The summed E-state index contributed by atoms with van der Waals surface area (Å²) < 4.78 is 59.8. The van der Waals surface area contributed by atoms with Crippen molar-refractivity contribution in [3.05, 3.63) is 0 Å². The fourth-order valence-electron chi connectivity index (χ4n) is 0.831. The summed E-state index contributed by atoms with van der Waals surface area (Å²) in [6.45, 7) is 1.03. The molecule has 0 aliphatic rings. The highest BCUT2D eigenvalue weighted by molar-refractivity contribution is 6.02. The molecular weight excluding hydrogens is 227 g/mol. The fraction of sp³-hybridized carbons (Fsp3) is 0.714. The quantitative estimate of drug-likeness (QED) is 0.596. The van der Waals surface area contributed by atoms with Crippen molar-refractivity contribution in [1.82, 2.24) is 0 Å². The van der Waals surface area contributed by atoms with E-state index in [2.05, 4.69) is 0 Å². The van der Waals surface area contributed by atoms with Crippen molar-refractivity contribution in [3.8, 4) is 0 Å². The maximum atomic E-state index is 12.4. The standard InChI is InChI=1S/C7H7F5O3/c1-2-3(5(14)15)4(13)6(8,9)7(10,11)12/h3H,2H2,1H3,(H,14,15)/t3-/m0/s1. The summed E-state index contributed by atoms with van der Waals surface area (Å²) >= 11 is 0. The molecular formula is C7H7F5O3. The normalized spacial score (nSPS) is 14.8. The Labute approximate surface area is 80.9 Å². The van der Waals surface area contributed by atoms with E-state index in [1.54, 1.807) is 0 Å². The van der Waals surface area contributed by atoms with Gasteiger partial charge in [-0.25, -0.2) is 0 Å². The molecule has 0 aromatic rings. The van der Waals surface area contributed by atoms with Gasteiger partial charge >= 0.3 is 18.1 Å². The summed E-state index contributed by atoms with van der Waals surface area (Å²) in [5.74, 6) is -12.6. The summed E-state index contributed by atoms with van der Waals surface area (Å²) in [6.07, 6.45) is -6.69. The van der Waals surface area contributed by atoms with Crippen LogP contribution >= 0.6 is 0 Å². The molecule has 0 fully saturated rings. The molecule has 0 aliphatic heterocycles. The molecule has 0 rings (SSSR count). The number of halogens is 5. The van der Waals surface area contributed by atoms with E-state index in [4.69, 9.17) is 5.11 Å². The molecule has 0 amide bonds. The van der Waals surface area contributed by atoms with Gasteiger partial charge in [0.05, 0.1) is 0 Å². The lowest BCUT2D eigenvalue weighted by molar-refractivity contribution is -0.270. The molecule has 1 N–H and O–H groups in total. The van der Waals surface area contributed by atoms with Crippen molar-refractivity contribution in [2.75, 3.05) is 0 Å². The molecule has 15 heavy (non-hydrogen) atoms. The van der Waals surface area contributed by atoms with Crippen LogP contribution in [0.3, 0.4) is 0 Å². The van der Waals surface area contributed by atoms with Gasteiger partial charge in [0, 0.05) is 0 Å². The minimum atomic E-state index is -6.06. The Balaban J connectivity index is 5.07. The summed E-state index contributed by atoms with van der Waals surface area (Å²) in [4.78, 5) is 20.9. The second kappa shape index (κ2) is 4.11. The predicted octanol–water partition coefficient (Wildman–Crippen LogP) is 1.86. The summed E-state index contributed by atoms with van der Waals surface area (Å²) in [6, 6.07) is 0. The summed E-state index contributed by atoms with van der Waals surface area (Å²) in [5, 5.41) is 8.25. The highest BCUT2D eigenvalue weighted by atomic mass is 19.4. The third kappa shape index (κ3) is 2.63. The Morgan fingerprint density at radius 2 is 1.60 bits per heavy atom. The molecule has 1 atom stereocenters. The molecule has 0 radical (unpaired) electrons. The first-order chi connectivity index (χ1) is 6.55. The molecule has 0 heterocycles. The third-order valence-electron chi connectivity index (χ3n) is 1.69. The first-order valence-corrected chi connectivity index (χ1v) is 3.77. The zero-order valence-corrected chi connectivity index (χ0v) is 7.44. The molecule has 88 valence electrons. The van der Waals surface area contributed by atoms with Crippen LogP contribution in [0.25, 0.3) is 0 Å². The zero-order chi connectivity index (χ0) is 12.4. The van der Waals surface area contributed by atoms with Gasteiger partial charge in [0.15, 0.2) is 0 Å². The lowest BCUT2D eigenvalue weighted by Gasteiger charge is -2.20. The van der Waals surface area contributed by atoms with Gasteiger partial charge in [-0.2, -0.15) is 22.0 Å². The van der Waals surface area contributed by atoms with Crippen molar-refractivity contribution < 1.29 is 36.6 Å². The largest absolute Gasteiger partial charge is 0.481 e. The Morgan fingerprint density at radius 3 is 1.80 bits per heavy atom. The van der Waals surface area contributed by atoms with E-state index < -0.39 is 36.2 Å². The van der Waals surface area contributed by atoms with E-state index >= 15 is 0 Å². The maximum Gasteiger partial charge on any atom is 0.461 e. The highest BCUT2D eigenvalue weighted by Crippen LogP contribution is 2.38. The lowest BCUT2D eigenvalue weighted by Crippen LogP contribution is -2.48. The molecule has 3 nitrogen and oxygen atoms in total. The van der Waals surface area contributed by atoms with E-state index in [0.29, 0.717) is 0 Å². The minimum Gasteiger partial charge on any atom is -0.481 e. The van der Waals surface area contributed by atoms with Crippen molar-refractivity contribution in [1.29, 1.82) is 0 Å². The monoisotopic (exact) mass is 234 g/mol. The topological polar surface area (TPSA) is 54.4 Å². The Morgan fingerprint density at radius 1 is 1.20 bits per heavy atom. The number of ketones is 1. The molecule has 0 aliphatic carbocycles. The van der Waals surface area contributed by atoms with E-state index in [0.717, 1.165) is 6.92 Å². The number of carboxylic acids is 1. The number of alkyl halides is 5. The molecule has 0 saturated heterocycles. The Hall–Kier alpha value is -1.21. The second-order valence-corrected chi connectivity index (χ2v) is 2.74. The SMILES string of the molecule is CC[C@H](C(=O)O)C(=O)C(F)(F)C(F)(F)F. The number of rotatable bonds is 4. The van der Waals surface area contributed by atoms with Crippen LogP contribution in [0.15, 0.2) is 0 Å². The third-order valence-corrected chi connectivity index (χ3v) is 1.69. The number of carboxylic acid groups (broad SMARTS) is 1. The highest BCUT2D eigenvalue weighted by Gasteiger charge is 2.64. The van der Waals surface area contributed by atoms with Crippen LogP contribution in [0.4, 0.5) is 22.0 Å². The van der Waals surface area contributed by atoms with E-state index in [-0.39, 0.29) is 0 Å². The average Bonchev–Trinajstić information content (AvgIpc) is 2.02. The molecule has 0 unspecified atom stereocenters. The maximum absolute atomic E-state index is 12.4. The van der Waals surface area contributed by atoms with Gasteiger partial charge < -0.3 is 5.11 Å². The van der Waals surface area contributed by atoms with Crippen LogP contribution in [0.2, 0.25) is 0 Å². The van der Waals surface area contributed by atoms with Crippen LogP contribution < -0.4 is 0 Å². The molecule has 0 aromatic heterocycles. The first-order valence-electron chi connectivity index (χ1n) is 3.77. The van der Waals surface area contributed by atoms with Gasteiger partial charge in [-0.15, -0.1) is 0 Å². The molecule has 0 spiro atoms. The van der Waals surface area contributed by atoms with E-state index in [1.165, 1.54) is 0 Å².